The third-order valence-electron chi connectivity index (χ3n) is 5.24. The quantitative estimate of drug-likeness (QED) is 0.227. The van der Waals surface area contributed by atoms with Gasteiger partial charge >= 0.3 is 0 Å². The minimum Gasteiger partial charge on any atom is -0.457 e. The molecule has 1 saturated heterocycles. The highest BCUT2D eigenvalue weighted by atomic mass is 16.6. The van der Waals surface area contributed by atoms with Gasteiger partial charge in [-0.25, -0.2) is 0 Å². The fourth-order valence-electron chi connectivity index (χ4n) is 3.68. The molecular formula is C24H22N2O4. The average molecular weight is 402 g/mol. The average Bonchev–Trinajstić information content (AvgIpc) is 3.27. The van der Waals surface area contributed by atoms with Crippen LogP contribution in [0, 0.1) is 10.1 Å². The number of hydrogen-bond donors (Lipinski definition) is 0. The zero-order chi connectivity index (χ0) is 20.9. The van der Waals surface area contributed by atoms with Gasteiger partial charge in [-0.05, 0) is 55.7 Å². The van der Waals surface area contributed by atoms with Crippen LogP contribution in [0.4, 0.5) is 11.4 Å². The van der Waals surface area contributed by atoms with Crippen LogP contribution >= 0.6 is 0 Å². The zero-order valence-electron chi connectivity index (χ0n) is 16.5. The predicted molar refractivity (Wildman–Crippen MR) is 117 cm³/mol. The van der Waals surface area contributed by atoms with Crippen molar-refractivity contribution < 1.29 is 14.1 Å². The van der Waals surface area contributed by atoms with Crippen LogP contribution in [-0.2, 0) is 0 Å². The van der Waals surface area contributed by atoms with E-state index in [1.165, 1.54) is 6.08 Å². The lowest BCUT2D eigenvalue weighted by Gasteiger charge is -2.28. The molecule has 3 aromatic rings. The summed E-state index contributed by atoms with van der Waals surface area (Å²) < 4.78 is 5.80. The second kappa shape index (κ2) is 8.78. The van der Waals surface area contributed by atoms with E-state index in [2.05, 4.69) is 4.90 Å². The molecular weight excluding hydrogens is 380 g/mol. The van der Waals surface area contributed by atoms with Crippen molar-refractivity contribution >= 4 is 23.2 Å². The van der Waals surface area contributed by atoms with E-state index >= 15 is 0 Å². The lowest BCUT2D eigenvalue weighted by Crippen LogP contribution is -2.29. The fourth-order valence-corrected chi connectivity index (χ4v) is 3.68. The summed E-state index contributed by atoms with van der Waals surface area (Å²) in [4.78, 5) is 25.6. The number of ketones is 1. The normalized spacial score (nSPS) is 14.2. The molecule has 1 aliphatic heterocycles. The number of carbonyl (C=O) groups is 1. The van der Waals surface area contributed by atoms with Crippen LogP contribution in [0.1, 0.15) is 35.4 Å². The minimum atomic E-state index is -0.338. The summed E-state index contributed by atoms with van der Waals surface area (Å²) in [6.07, 6.45) is 6.33. The summed E-state index contributed by atoms with van der Waals surface area (Å²) in [5, 5.41) is 11.7. The molecule has 0 radical (unpaired) electrons. The van der Waals surface area contributed by atoms with Crippen molar-refractivity contribution in [1.82, 2.24) is 0 Å². The van der Waals surface area contributed by atoms with Gasteiger partial charge in [-0.3, -0.25) is 14.9 Å². The molecule has 6 heteroatoms. The van der Waals surface area contributed by atoms with E-state index in [1.54, 1.807) is 42.5 Å². The second-order valence-electron chi connectivity index (χ2n) is 7.27. The van der Waals surface area contributed by atoms with Crippen molar-refractivity contribution in [2.75, 3.05) is 18.0 Å². The molecule has 6 nitrogen and oxygen atoms in total. The fraction of sp³-hybridized carbons (Fsp3) is 0.208. The highest BCUT2D eigenvalue weighted by Crippen LogP contribution is 2.35. The van der Waals surface area contributed by atoms with Gasteiger partial charge in [0, 0.05) is 30.3 Å². The lowest BCUT2D eigenvalue weighted by molar-refractivity contribution is -0.384. The zero-order valence-corrected chi connectivity index (χ0v) is 16.5. The first-order chi connectivity index (χ1) is 14.6. The van der Waals surface area contributed by atoms with E-state index in [0.717, 1.165) is 32.4 Å². The topological polar surface area (TPSA) is 76.6 Å². The summed E-state index contributed by atoms with van der Waals surface area (Å²) in [6.45, 7) is 1.68. The van der Waals surface area contributed by atoms with E-state index < -0.39 is 0 Å². The molecule has 0 N–H and O–H groups in total. The number of carbonyl (C=O) groups excluding carboxylic acids is 1. The lowest BCUT2D eigenvalue weighted by atomic mass is 10.1. The third kappa shape index (κ3) is 4.33. The van der Waals surface area contributed by atoms with Crippen LogP contribution in [0.15, 0.2) is 71.2 Å². The molecule has 1 fully saturated rings. The number of hydrogen-bond acceptors (Lipinski definition) is 5. The Hall–Kier alpha value is -3.67. The van der Waals surface area contributed by atoms with Gasteiger partial charge in [-0.2, -0.15) is 0 Å². The molecule has 152 valence electrons. The maximum Gasteiger partial charge on any atom is 0.293 e. The van der Waals surface area contributed by atoms with E-state index in [4.69, 9.17) is 4.42 Å². The largest absolute Gasteiger partial charge is 0.457 e. The molecule has 0 unspecified atom stereocenters. The van der Waals surface area contributed by atoms with Gasteiger partial charge in [-0.15, -0.1) is 0 Å². The number of anilines is 1. The van der Waals surface area contributed by atoms with E-state index in [1.807, 2.05) is 24.3 Å². The number of furan rings is 1. The van der Waals surface area contributed by atoms with Crippen molar-refractivity contribution in [3.05, 3.63) is 88.2 Å². The smallest absolute Gasteiger partial charge is 0.293 e. The number of nitro groups is 1. The van der Waals surface area contributed by atoms with Crippen molar-refractivity contribution in [1.29, 1.82) is 0 Å². The standard InChI is InChI=1S/C24H22N2O4/c27-23(18-7-3-1-4-8-18)13-10-20-11-14-24(30-20)19-9-12-21(22(17-19)26(28)29)25-15-5-2-6-16-25/h1,3-4,7-14,17H,2,5-6,15-16H2/b13-10+. The highest BCUT2D eigenvalue weighted by Gasteiger charge is 2.22. The summed E-state index contributed by atoms with van der Waals surface area (Å²) in [5.74, 6) is 0.919. The van der Waals surface area contributed by atoms with Gasteiger partial charge in [0.2, 0.25) is 0 Å². The first kappa shape index (κ1) is 19.6. The molecule has 2 aromatic carbocycles. The Morgan fingerprint density at radius 2 is 1.77 bits per heavy atom. The monoisotopic (exact) mass is 402 g/mol. The van der Waals surface area contributed by atoms with Gasteiger partial charge < -0.3 is 9.32 Å². The van der Waals surface area contributed by atoms with Crippen LogP contribution in [0.2, 0.25) is 0 Å². The van der Waals surface area contributed by atoms with Crippen molar-refractivity contribution in [2.24, 2.45) is 0 Å². The Balaban J connectivity index is 1.55. The summed E-state index contributed by atoms with van der Waals surface area (Å²) in [6, 6.07) is 17.7. The Morgan fingerprint density at radius 1 is 1.00 bits per heavy atom. The van der Waals surface area contributed by atoms with E-state index in [9.17, 15) is 14.9 Å². The molecule has 0 atom stereocenters. The number of allylic oxidation sites excluding steroid dienone is 1. The molecule has 0 spiro atoms. The predicted octanol–water partition coefficient (Wildman–Crippen LogP) is 5.74. The number of rotatable bonds is 6. The van der Waals surface area contributed by atoms with Crippen LogP contribution < -0.4 is 4.90 Å². The number of benzene rings is 2. The van der Waals surface area contributed by atoms with Crippen LogP contribution in [0.3, 0.4) is 0 Å². The van der Waals surface area contributed by atoms with Crippen molar-refractivity contribution in [3.8, 4) is 11.3 Å². The number of piperidine rings is 1. The van der Waals surface area contributed by atoms with Crippen molar-refractivity contribution in [2.45, 2.75) is 19.3 Å². The molecule has 1 aliphatic rings. The van der Waals surface area contributed by atoms with E-state index in [0.29, 0.717) is 28.3 Å². The number of nitro benzene ring substituents is 1. The van der Waals surface area contributed by atoms with Gasteiger partial charge in [0.1, 0.15) is 17.2 Å². The van der Waals surface area contributed by atoms with Gasteiger partial charge in [0.15, 0.2) is 5.78 Å². The molecule has 30 heavy (non-hydrogen) atoms. The summed E-state index contributed by atoms with van der Waals surface area (Å²) in [5.41, 5.74) is 1.98. The molecule has 4 rings (SSSR count). The molecule has 0 amide bonds. The van der Waals surface area contributed by atoms with Gasteiger partial charge in [-0.1, -0.05) is 30.3 Å². The maximum atomic E-state index is 12.2. The summed E-state index contributed by atoms with van der Waals surface area (Å²) in [7, 11) is 0. The Bertz CT molecular complexity index is 1080. The molecule has 0 bridgehead atoms. The van der Waals surface area contributed by atoms with E-state index in [-0.39, 0.29) is 16.4 Å². The number of nitrogens with zero attached hydrogens (tertiary/aromatic N) is 2. The van der Waals surface area contributed by atoms with Crippen LogP contribution in [0.5, 0.6) is 0 Å². The van der Waals surface area contributed by atoms with Crippen LogP contribution in [-0.4, -0.2) is 23.8 Å². The summed E-state index contributed by atoms with van der Waals surface area (Å²) >= 11 is 0. The van der Waals surface area contributed by atoms with Crippen LogP contribution in [0.25, 0.3) is 17.4 Å². The van der Waals surface area contributed by atoms with Gasteiger partial charge in [0.05, 0.1) is 4.92 Å². The Morgan fingerprint density at radius 3 is 2.50 bits per heavy atom. The molecule has 0 aliphatic carbocycles. The minimum absolute atomic E-state index is 0.0853. The molecule has 1 aromatic heterocycles. The highest BCUT2D eigenvalue weighted by molar-refractivity contribution is 6.06. The molecule has 0 saturated carbocycles. The Labute approximate surface area is 174 Å². The third-order valence-corrected chi connectivity index (χ3v) is 5.24. The first-order valence-corrected chi connectivity index (χ1v) is 10.0. The second-order valence-corrected chi connectivity index (χ2v) is 7.27. The van der Waals surface area contributed by atoms with Gasteiger partial charge in [0.25, 0.3) is 5.69 Å². The molecule has 2 heterocycles. The van der Waals surface area contributed by atoms with Crippen molar-refractivity contribution in [3.63, 3.8) is 0 Å². The first-order valence-electron chi connectivity index (χ1n) is 10.0. The SMILES string of the molecule is O=C(/C=C/c1ccc(-c2ccc(N3CCCCC3)c([N+](=O)[O-])c2)o1)c1ccccc1. The Kier molecular flexibility index (Phi) is 5.75. The maximum absolute atomic E-state index is 12.2.